The Kier molecular flexibility index (Phi) is 4.40. The number of hydrogen-bond donors (Lipinski definition) is 1. The van der Waals surface area contributed by atoms with Gasteiger partial charge in [-0.15, -0.1) is 0 Å². The molecule has 1 aromatic heterocycles. The van der Waals surface area contributed by atoms with E-state index in [1.807, 2.05) is 18.3 Å². The second-order valence-electron chi connectivity index (χ2n) is 3.00. The standard InChI is InChI=1S/C10H15FN2/c1-9(13-7-3-5-11)10-4-2-6-12-8-10/h2,4,6,8-9,13H,3,5,7H2,1H3. The first kappa shape index (κ1) is 10.1. The van der Waals surface area contributed by atoms with E-state index in [0.717, 1.165) is 5.56 Å². The number of aromatic nitrogens is 1. The molecule has 13 heavy (non-hydrogen) atoms. The van der Waals surface area contributed by atoms with E-state index in [2.05, 4.69) is 17.2 Å². The topological polar surface area (TPSA) is 24.9 Å². The molecule has 0 amide bonds. The monoisotopic (exact) mass is 182 g/mol. The molecule has 0 saturated heterocycles. The summed E-state index contributed by atoms with van der Waals surface area (Å²) in [5.41, 5.74) is 1.14. The number of halogens is 1. The van der Waals surface area contributed by atoms with E-state index < -0.39 is 0 Å². The first-order chi connectivity index (χ1) is 6.34. The average Bonchev–Trinajstić information content (AvgIpc) is 2.19. The summed E-state index contributed by atoms with van der Waals surface area (Å²) in [6.07, 6.45) is 4.15. The molecule has 0 aromatic carbocycles. The van der Waals surface area contributed by atoms with E-state index in [1.54, 1.807) is 6.20 Å². The van der Waals surface area contributed by atoms with Gasteiger partial charge >= 0.3 is 0 Å². The lowest BCUT2D eigenvalue weighted by Crippen LogP contribution is -2.20. The van der Waals surface area contributed by atoms with Crippen molar-refractivity contribution in [2.75, 3.05) is 13.2 Å². The van der Waals surface area contributed by atoms with Gasteiger partial charge in [0.25, 0.3) is 0 Å². The molecule has 1 rings (SSSR count). The van der Waals surface area contributed by atoms with Gasteiger partial charge in [-0.3, -0.25) is 9.37 Å². The highest BCUT2D eigenvalue weighted by Gasteiger charge is 2.02. The maximum atomic E-state index is 11.8. The smallest absolute Gasteiger partial charge is 0.0906 e. The van der Waals surface area contributed by atoms with Gasteiger partial charge in [-0.25, -0.2) is 0 Å². The maximum absolute atomic E-state index is 11.8. The van der Waals surface area contributed by atoms with Crippen LogP contribution in [0.1, 0.15) is 24.9 Å². The summed E-state index contributed by atoms with van der Waals surface area (Å²) in [5.74, 6) is 0. The van der Waals surface area contributed by atoms with E-state index >= 15 is 0 Å². The maximum Gasteiger partial charge on any atom is 0.0906 e. The van der Waals surface area contributed by atoms with Gasteiger partial charge in [-0.05, 0) is 31.5 Å². The third-order valence-electron chi connectivity index (χ3n) is 1.95. The summed E-state index contributed by atoms with van der Waals surface area (Å²) in [6.45, 7) is 2.51. The van der Waals surface area contributed by atoms with Crippen LogP contribution in [-0.2, 0) is 0 Å². The fourth-order valence-corrected chi connectivity index (χ4v) is 1.14. The van der Waals surface area contributed by atoms with Crippen LogP contribution in [0.5, 0.6) is 0 Å². The van der Waals surface area contributed by atoms with Gasteiger partial charge in [0.2, 0.25) is 0 Å². The molecule has 1 N–H and O–H groups in total. The fourth-order valence-electron chi connectivity index (χ4n) is 1.14. The van der Waals surface area contributed by atoms with Crippen molar-refractivity contribution in [1.29, 1.82) is 0 Å². The van der Waals surface area contributed by atoms with Gasteiger partial charge < -0.3 is 5.32 Å². The molecule has 0 saturated carbocycles. The molecule has 0 bridgehead atoms. The first-order valence-corrected chi connectivity index (χ1v) is 4.54. The van der Waals surface area contributed by atoms with Gasteiger partial charge in [0.1, 0.15) is 0 Å². The number of rotatable bonds is 5. The van der Waals surface area contributed by atoms with Gasteiger partial charge in [0, 0.05) is 18.4 Å². The molecule has 0 spiro atoms. The van der Waals surface area contributed by atoms with Crippen LogP contribution in [-0.4, -0.2) is 18.2 Å². The Balaban J connectivity index is 2.35. The summed E-state index contributed by atoms with van der Waals surface area (Å²) in [5, 5.41) is 3.22. The summed E-state index contributed by atoms with van der Waals surface area (Å²) in [7, 11) is 0. The molecular formula is C10H15FN2. The predicted octanol–water partition coefficient (Wildman–Crippen LogP) is 2.09. The molecule has 2 nitrogen and oxygen atoms in total. The zero-order valence-electron chi connectivity index (χ0n) is 7.83. The van der Waals surface area contributed by atoms with Crippen molar-refractivity contribution in [2.45, 2.75) is 19.4 Å². The highest BCUT2D eigenvalue weighted by atomic mass is 19.1. The fraction of sp³-hybridized carbons (Fsp3) is 0.500. The van der Waals surface area contributed by atoms with Crippen molar-refractivity contribution in [3.63, 3.8) is 0 Å². The summed E-state index contributed by atoms with van der Waals surface area (Å²) >= 11 is 0. The lowest BCUT2D eigenvalue weighted by molar-refractivity contribution is 0.446. The molecule has 1 aromatic rings. The zero-order valence-corrected chi connectivity index (χ0v) is 7.83. The summed E-state index contributed by atoms with van der Waals surface area (Å²) < 4.78 is 11.8. The van der Waals surface area contributed by atoms with Gasteiger partial charge in [0.15, 0.2) is 0 Å². The Bertz CT molecular complexity index is 226. The predicted molar refractivity (Wildman–Crippen MR) is 51.2 cm³/mol. The minimum absolute atomic E-state index is 0.250. The number of hydrogen-bond acceptors (Lipinski definition) is 2. The number of nitrogens with one attached hydrogen (secondary N) is 1. The van der Waals surface area contributed by atoms with Gasteiger partial charge in [-0.1, -0.05) is 6.07 Å². The van der Waals surface area contributed by atoms with Crippen LogP contribution < -0.4 is 5.32 Å². The van der Waals surface area contributed by atoms with E-state index in [1.165, 1.54) is 0 Å². The normalized spacial score (nSPS) is 12.8. The van der Waals surface area contributed by atoms with Crippen molar-refractivity contribution in [3.05, 3.63) is 30.1 Å². The number of alkyl halides is 1. The minimum atomic E-state index is -0.257. The lowest BCUT2D eigenvalue weighted by Gasteiger charge is -2.12. The summed E-state index contributed by atoms with van der Waals surface area (Å²) in [6, 6.07) is 4.17. The minimum Gasteiger partial charge on any atom is -0.310 e. The molecular weight excluding hydrogens is 167 g/mol. The van der Waals surface area contributed by atoms with E-state index in [-0.39, 0.29) is 12.7 Å². The van der Waals surface area contributed by atoms with Gasteiger partial charge in [-0.2, -0.15) is 0 Å². The lowest BCUT2D eigenvalue weighted by atomic mass is 10.1. The number of nitrogens with zero attached hydrogens (tertiary/aromatic N) is 1. The molecule has 1 heterocycles. The Labute approximate surface area is 78.2 Å². The van der Waals surface area contributed by atoms with Gasteiger partial charge in [0.05, 0.1) is 6.67 Å². The molecule has 0 aliphatic rings. The van der Waals surface area contributed by atoms with Crippen LogP contribution in [0.4, 0.5) is 4.39 Å². The Hall–Kier alpha value is -0.960. The highest BCUT2D eigenvalue weighted by molar-refractivity contribution is 5.12. The summed E-state index contributed by atoms with van der Waals surface area (Å²) in [4.78, 5) is 4.02. The first-order valence-electron chi connectivity index (χ1n) is 4.54. The van der Waals surface area contributed by atoms with E-state index in [4.69, 9.17) is 0 Å². The molecule has 1 unspecified atom stereocenters. The van der Waals surface area contributed by atoms with Crippen molar-refractivity contribution >= 4 is 0 Å². The molecule has 0 aliphatic heterocycles. The Morgan fingerprint density at radius 2 is 2.46 bits per heavy atom. The van der Waals surface area contributed by atoms with Crippen molar-refractivity contribution in [3.8, 4) is 0 Å². The van der Waals surface area contributed by atoms with Crippen molar-refractivity contribution in [2.24, 2.45) is 0 Å². The average molecular weight is 182 g/mol. The van der Waals surface area contributed by atoms with Crippen LogP contribution in [0.15, 0.2) is 24.5 Å². The molecule has 0 fully saturated rings. The number of pyridine rings is 1. The van der Waals surface area contributed by atoms with Crippen LogP contribution in [0.25, 0.3) is 0 Å². The highest BCUT2D eigenvalue weighted by Crippen LogP contribution is 2.08. The van der Waals surface area contributed by atoms with Crippen molar-refractivity contribution in [1.82, 2.24) is 10.3 Å². The third kappa shape index (κ3) is 3.51. The van der Waals surface area contributed by atoms with Crippen LogP contribution >= 0.6 is 0 Å². The molecule has 0 radical (unpaired) electrons. The second-order valence-corrected chi connectivity index (χ2v) is 3.00. The van der Waals surface area contributed by atoms with Crippen molar-refractivity contribution < 1.29 is 4.39 Å². The quantitative estimate of drug-likeness (QED) is 0.705. The Morgan fingerprint density at radius 1 is 1.62 bits per heavy atom. The van der Waals surface area contributed by atoms with E-state index in [9.17, 15) is 4.39 Å². The molecule has 3 heteroatoms. The second kappa shape index (κ2) is 5.65. The zero-order chi connectivity index (χ0) is 9.52. The van der Waals surface area contributed by atoms with Crippen LogP contribution in [0, 0.1) is 0 Å². The largest absolute Gasteiger partial charge is 0.310 e. The van der Waals surface area contributed by atoms with Crippen LogP contribution in [0.3, 0.4) is 0 Å². The molecule has 1 atom stereocenters. The SMILES string of the molecule is CC(NCCCF)c1cccnc1. The molecule has 0 aliphatic carbocycles. The van der Waals surface area contributed by atoms with Crippen LogP contribution in [0.2, 0.25) is 0 Å². The Morgan fingerprint density at radius 3 is 3.08 bits per heavy atom. The molecule has 72 valence electrons. The third-order valence-corrected chi connectivity index (χ3v) is 1.95. The van der Waals surface area contributed by atoms with E-state index in [0.29, 0.717) is 13.0 Å².